The molecule has 1 N–H and O–H groups in total. The molecule has 2 aromatic rings. The van der Waals surface area contributed by atoms with Gasteiger partial charge in [-0.1, -0.05) is 11.6 Å². The minimum absolute atomic E-state index is 0.0259. The summed E-state index contributed by atoms with van der Waals surface area (Å²) in [5.74, 6) is -0.964. The summed E-state index contributed by atoms with van der Waals surface area (Å²) in [7, 11) is 1.94. The maximum absolute atomic E-state index is 13.2. The van der Waals surface area contributed by atoms with E-state index in [1.54, 1.807) is 18.2 Å². The summed E-state index contributed by atoms with van der Waals surface area (Å²) in [6.45, 7) is -0.307. The van der Waals surface area contributed by atoms with Gasteiger partial charge < -0.3 is 15.0 Å². The van der Waals surface area contributed by atoms with Crippen LogP contribution in [0.25, 0.3) is 0 Å². The van der Waals surface area contributed by atoms with Gasteiger partial charge in [0.05, 0.1) is 0 Å². The number of amides is 1. The van der Waals surface area contributed by atoms with Crippen molar-refractivity contribution in [3.05, 3.63) is 81.4 Å². The van der Waals surface area contributed by atoms with Gasteiger partial charge in [-0.05, 0) is 68.1 Å². The van der Waals surface area contributed by atoms with Crippen molar-refractivity contribution in [1.82, 2.24) is 4.90 Å². The molecule has 0 radical (unpaired) electrons. The maximum atomic E-state index is 13.2. The molecule has 186 valence electrons. The van der Waals surface area contributed by atoms with Crippen molar-refractivity contribution in [2.45, 2.75) is 44.4 Å². The highest BCUT2D eigenvalue weighted by Gasteiger charge is 2.43. The second-order valence-corrected chi connectivity index (χ2v) is 9.73. The Morgan fingerprint density at radius 2 is 1.61 bits per heavy atom. The van der Waals surface area contributed by atoms with Gasteiger partial charge in [-0.3, -0.25) is 14.4 Å². The number of rotatable bonds is 5. The largest absolute Gasteiger partial charge is 0.483 e. The Balaban J connectivity index is 1.51. The molecule has 0 atom stereocenters. The molecule has 0 fully saturated rings. The molecular formula is C28H26ClFN2O4. The molecule has 6 nitrogen and oxygen atoms in total. The average Bonchev–Trinajstić information content (AvgIpc) is 2.86. The lowest BCUT2D eigenvalue weighted by Gasteiger charge is -2.42. The topological polar surface area (TPSA) is 75.7 Å². The van der Waals surface area contributed by atoms with Crippen molar-refractivity contribution in [2.75, 3.05) is 19.0 Å². The van der Waals surface area contributed by atoms with Crippen molar-refractivity contribution >= 4 is 34.8 Å². The number of halogens is 2. The van der Waals surface area contributed by atoms with Crippen LogP contribution in [0.3, 0.4) is 0 Å². The fourth-order valence-electron chi connectivity index (χ4n) is 5.41. The molecule has 2 aliphatic carbocycles. The third-order valence-corrected chi connectivity index (χ3v) is 7.25. The number of carbonyl (C=O) groups excluding carboxylic acids is 3. The van der Waals surface area contributed by atoms with Gasteiger partial charge in [0.25, 0.3) is 5.91 Å². The molecule has 0 aromatic heterocycles. The molecule has 0 saturated carbocycles. The van der Waals surface area contributed by atoms with Gasteiger partial charge in [0.2, 0.25) is 0 Å². The first-order valence-electron chi connectivity index (χ1n) is 12.1. The van der Waals surface area contributed by atoms with Crippen molar-refractivity contribution in [1.29, 1.82) is 0 Å². The minimum atomic E-state index is -0.583. The third kappa shape index (κ3) is 4.55. The van der Waals surface area contributed by atoms with Gasteiger partial charge in [0.15, 0.2) is 18.2 Å². The summed E-state index contributed by atoms with van der Waals surface area (Å²) in [4.78, 5) is 41.1. The Kier molecular flexibility index (Phi) is 6.67. The SMILES string of the molecule is CN1C2=C(C(=O)CCC2)C(c2cc(Cl)ccc2OCC(=O)Nc2ccc(F)cc2)C2=C1CCCC2=O. The molecule has 0 saturated heterocycles. The first kappa shape index (κ1) is 24.3. The van der Waals surface area contributed by atoms with Crippen molar-refractivity contribution in [3.63, 3.8) is 0 Å². The van der Waals surface area contributed by atoms with Crippen LogP contribution in [0.2, 0.25) is 5.02 Å². The van der Waals surface area contributed by atoms with Crippen molar-refractivity contribution in [3.8, 4) is 5.75 Å². The molecule has 0 spiro atoms. The van der Waals surface area contributed by atoms with Gasteiger partial charge in [-0.2, -0.15) is 0 Å². The number of Topliss-reactive ketones (excluding diaryl/α,β-unsaturated/α-hetero) is 2. The number of nitrogens with zero attached hydrogens (tertiary/aromatic N) is 1. The zero-order valence-electron chi connectivity index (χ0n) is 19.9. The van der Waals surface area contributed by atoms with E-state index in [1.807, 2.05) is 11.9 Å². The highest BCUT2D eigenvalue weighted by atomic mass is 35.5. The molecular weight excluding hydrogens is 483 g/mol. The third-order valence-electron chi connectivity index (χ3n) is 7.01. The fraction of sp³-hybridized carbons (Fsp3) is 0.321. The van der Waals surface area contributed by atoms with Crippen LogP contribution in [0, 0.1) is 5.82 Å². The second kappa shape index (κ2) is 9.90. The van der Waals surface area contributed by atoms with Gasteiger partial charge >= 0.3 is 0 Å². The maximum Gasteiger partial charge on any atom is 0.262 e. The Labute approximate surface area is 213 Å². The van der Waals surface area contributed by atoms with E-state index in [0.29, 0.717) is 46.0 Å². The highest BCUT2D eigenvalue weighted by Crippen LogP contribution is 2.50. The van der Waals surface area contributed by atoms with Crippen LogP contribution in [0.4, 0.5) is 10.1 Å². The molecule has 1 amide bonds. The van der Waals surface area contributed by atoms with Crippen LogP contribution in [0.1, 0.15) is 50.0 Å². The lowest BCUT2D eigenvalue weighted by molar-refractivity contribution is -0.119. The highest BCUT2D eigenvalue weighted by molar-refractivity contribution is 6.30. The van der Waals surface area contributed by atoms with Gasteiger partial charge in [0, 0.05) is 64.6 Å². The quantitative estimate of drug-likeness (QED) is 0.574. The van der Waals surface area contributed by atoms with E-state index in [0.717, 1.165) is 37.1 Å². The van der Waals surface area contributed by atoms with Gasteiger partial charge in [-0.15, -0.1) is 0 Å². The minimum Gasteiger partial charge on any atom is -0.483 e. The number of benzene rings is 2. The lowest BCUT2D eigenvalue weighted by Crippen LogP contribution is -2.37. The van der Waals surface area contributed by atoms with E-state index >= 15 is 0 Å². The number of anilines is 1. The summed E-state index contributed by atoms with van der Waals surface area (Å²) >= 11 is 6.39. The van der Waals surface area contributed by atoms with E-state index in [1.165, 1.54) is 24.3 Å². The smallest absolute Gasteiger partial charge is 0.262 e. The molecule has 1 aliphatic heterocycles. The Hall–Kier alpha value is -3.45. The monoisotopic (exact) mass is 508 g/mol. The zero-order valence-corrected chi connectivity index (χ0v) is 20.7. The summed E-state index contributed by atoms with van der Waals surface area (Å²) in [5.41, 5.74) is 4.20. The Bertz CT molecular complexity index is 1270. The average molecular weight is 509 g/mol. The molecule has 36 heavy (non-hydrogen) atoms. The van der Waals surface area contributed by atoms with Gasteiger partial charge in [-0.25, -0.2) is 4.39 Å². The number of ketones is 2. The summed E-state index contributed by atoms with van der Waals surface area (Å²) < 4.78 is 19.1. The summed E-state index contributed by atoms with van der Waals surface area (Å²) in [6, 6.07) is 10.5. The van der Waals surface area contributed by atoms with E-state index in [-0.39, 0.29) is 18.2 Å². The molecule has 8 heteroatoms. The second-order valence-electron chi connectivity index (χ2n) is 9.29. The van der Waals surface area contributed by atoms with E-state index in [4.69, 9.17) is 16.3 Å². The van der Waals surface area contributed by atoms with Crippen molar-refractivity contribution < 1.29 is 23.5 Å². The van der Waals surface area contributed by atoms with Crippen LogP contribution < -0.4 is 10.1 Å². The number of hydrogen-bond donors (Lipinski definition) is 1. The molecule has 0 bridgehead atoms. The number of nitrogens with one attached hydrogen (secondary N) is 1. The van der Waals surface area contributed by atoms with Gasteiger partial charge in [0.1, 0.15) is 11.6 Å². The van der Waals surface area contributed by atoms with Crippen LogP contribution >= 0.6 is 11.6 Å². The molecule has 1 heterocycles. The molecule has 2 aromatic carbocycles. The van der Waals surface area contributed by atoms with E-state index in [2.05, 4.69) is 5.32 Å². The predicted molar refractivity (Wildman–Crippen MR) is 134 cm³/mol. The standard InChI is InChI=1S/C28H26ClFN2O4/c1-32-20-4-2-6-22(33)27(20)26(28-21(32)5-3-7-23(28)34)19-14-16(29)8-13-24(19)36-15-25(35)31-18-11-9-17(30)10-12-18/h8-14,26H,2-7,15H2,1H3,(H,31,35). The van der Waals surface area contributed by atoms with Crippen LogP contribution in [-0.4, -0.2) is 36.0 Å². The number of carbonyl (C=O) groups is 3. The number of hydrogen-bond acceptors (Lipinski definition) is 5. The zero-order chi connectivity index (χ0) is 25.4. The number of ether oxygens (including phenoxy) is 1. The van der Waals surface area contributed by atoms with Crippen LogP contribution in [-0.2, 0) is 14.4 Å². The Morgan fingerprint density at radius 1 is 1.00 bits per heavy atom. The summed E-state index contributed by atoms with van der Waals surface area (Å²) in [6.07, 6.45) is 3.92. The fourth-order valence-corrected chi connectivity index (χ4v) is 5.59. The summed E-state index contributed by atoms with van der Waals surface area (Å²) in [5, 5.41) is 3.12. The van der Waals surface area contributed by atoms with Crippen LogP contribution in [0.15, 0.2) is 65.0 Å². The van der Waals surface area contributed by atoms with E-state index in [9.17, 15) is 18.8 Å². The normalized spacial score (nSPS) is 18.2. The first-order chi connectivity index (χ1) is 17.3. The Morgan fingerprint density at radius 3 is 2.22 bits per heavy atom. The van der Waals surface area contributed by atoms with E-state index < -0.39 is 17.6 Å². The van der Waals surface area contributed by atoms with Crippen molar-refractivity contribution in [2.24, 2.45) is 0 Å². The predicted octanol–water partition coefficient (Wildman–Crippen LogP) is 5.54. The number of allylic oxidation sites excluding steroid dienone is 4. The molecule has 3 aliphatic rings. The first-order valence-corrected chi connectivity index (χ1v) is 12.4. The molecule has 0 unspecified atom stereocenters. The molecule has 5 rings (SSSR count). The van der Waals surface area contributed by atoms with Crippen LogP contribution in [0.5, 0.6) is 5.75 Å². The lowest BCUT2D eigenvalue weighted by atomic mass is 9.71.